The topological polar surface area (TPSA) is 122 Å². The fraction of sp³-hybridized carbons (Fsp3) is 0.409. The standard InChI is InChI=1S/C22H28N8O2S/c1-21(2,3)17-15(23-7)19(27-25-17)26-24-16-18(22(4,5)6)28-30(14-12-10-9-11-13-14)20(16)29-33(8,31)32/h9-13,29H,1-6,8H3,(H,25,27). The molecule has 0 unspecified atom stereocenters. The number of azo groups is 1. The van der Waals surface area contributed by atoms with E-state index in [0.717, 1.165) is 6.26 Å². The summed E-state index contributed by atoms with van der Waals surface area (Å²) in [5.74, 6) is 0.292. The van der Waals surface area contributed by atoms with Crippen molar-refractivity contribution in [2.75, 3.05) is 11.0 Å². The van der Waals surface area contributed by atoms with Crippen molar-refractivity contribution >= 4 is 33.0 Å². The predicted octanol–water partition coefficient (Wildman–Crippen LogP) is 5.53. The summed E-state index contributed by atoms with van der Waals surface area (Å²) in [5.41, 5.74) is 1.57. The van der Waals surface area contributed by atoms with Crippen LogP contribution in [0.25, 0.3) is 10.5 Å². The average Bonchev–Trinajstić information content (AvgIpc) is 3.26. The molecule has 0 spiro atoms. The zero-order chi connectivity index (χ0) is 24.6. The molecule has 2 N–H and O–H groups in total. The molecule has 2 heterocycles. The van der Waals surface area contributed by atoms with E-state index in [0.29, 0.717) is 17.1 Å². The van der Waals surface area contributed by atoms with Gasteiger partial charge < -0.3 is 0 Å². The van der Waals surface area contributed by atoms with Gasteiger partial charge in [0.1, 0.15) is 0 Å². The van der Waals surface area contributed by atoms with Gasteiger partial charge in [0, 0.05) is 11.1 Å². The molecule has 2 aromatic heterocycles. The van der Waals surface area contributed by atoms with Crippen molar-refractivity contribution in [1.29, 1.82) is 0 Å². The van der Waals surface area contributed by atoms with Crippen LogP contribution in [-0.4, -0.2) is 34.7 Å². The van der Waals surface area contributed by atoms with Crippen molar-refractivity contribution < 1.29 is 8.42 Å². The monoisotopic (exact) mass is 468 g/mol. The van der Waals surface area contributed by atoms with Gasteiger partial charge in [0.2, 0.25) is 15.8 Å². The number of rotatable bonds is 5. The van der Waals surface area contributed by atoms with Crippen LogP contribution in [0, 0.1) is 6.57 Å². The molecule has 0 saturated heterocycles. The summed E-state index contributed by atoms with van der Waals surface area (Å²) in [6.45, 7) is 19.3. The quantitative estimate of drug-likeness (QED) is 0.378. The van der Waals surface area contributed by atoms with Gasteiger partial charge >= 0.3 is 0 Å². The number of anilines is 1. The van der Waals surface area contributed by atoms with E-state index in [1.54, 1.807) is 0 Å². The van der Waals surface area contributed by atoms with Crippen molar-refractivity contribution in [3.05, 3.63) is 53.1 Å². The number of nitrogens with one attached hydrogen (secondary N) is 2. The van der Waals surface area contributed by atoms with E-state index in [4.69, 9.17) is 6.57 Å². The maximum Gasteiger partial charge on any atom is 0.255 e. The van der Waals surface area contributed by atoms with E-state index in [9.17, 15) is 8.42 Å². The minimum Gasteiger partial charge on any atom is -0.291 e. The number of para-hydroxylation sites is 1. The van der Waals surface area contributed by atoms with Crippen LogP contribution in [0.4, 0.5) is 23.0 Å². The van der Waals surface area contributed by atoms with Crippen molar-refractivity contribution in [3.8, 4) is 5.69 Å². The smallest absolute Gasteiger partial charge is 0.255 e. The third-order valence-electron chi connectivity index (χ3n) is 4.68. The summed E-state index contributed by atoms with van der Waals surface area (Å²) in [6.07, 6.45) is 1.06. The van der Waals surface area contributed by atoms with Crippen LogP contribution < -0.4 is 4.72 Å². The molecule has 3 aromatic rings. The largest absolute Gasteiger partial charge is 0.291 e. The minimum atomic E-state index is -3.66. The highest BCUT2D eigenvalue weighted by atomic mass is 32.2. The molecular formula is C22H28N8O2S. The maximum absolute atomic E-state index is 12.2. The van der Waals surface area contributed by atoms with Gasteiger partial charge in [-0.3, -0.25) is 9.82 Å². The summed E-state index contributed by atoms with van der Waals surface area (Å²) in [6, 6.07) is 9.15. The molecule has 3 rings (SSSR count). The Morgan fingerprint density at radius 2 is 1.70 bits per heavy atom. The summed E-state index contributed by atoms with van der Waals surface area (Å²) in [4.78, 5) is 3.59. The van der Waals surface area contributed by atoms with Gasteiger partial charge in [-0.2, -0.15) is 10.2 Å². The van der Waals surface area contributed by atoms with E-state index in [1.165, 1.54) is 4.68 Å². The maximum atomic E-state index is 12.2. The molecule has 0 saturated carbocycles. The van der Waals surface area contributed by atoms with Crippen LogP contribution in [-0.2, 0) is 20.9 Å². The number of H-pyrrole nitrogens is 1. The van der Waals surface area contributed by atoms with Gasteiger partial charge in [0.15, 0.2) is 11.5 Å². The van der Waals surface area contributed by atoms with E-state index < -0.39 is 15.4 Å². The first-order valence-electron chi connectivity index (χ1n) is 10.3. The van der Waals surface area contributed by atoms with Crippen LogP contribution >= 0.6 is 0 Å². The number of hydrogen-bond donors (Lipinski definition) is 2. The molecular weight excluding hydrogens is 440 g/mol. The van der Waals surface area contributed by atoms with Crippen molar-refractivity contribution in [2.45, 2.75) is 52.4 Å². The normalized spacial score (nSPS) is 12.8. The van der Waals surface area contributed by atoms with Crippen molar-refractivity contribution in [3.63, 3.8) is 0 Å². The molecule has 0 fully saturated rings. The zero-order valence-electron chi connectivity index (χ0n) is 19.8. The van der Waals surface area contributed by atoms with E-state index in [2.05, 4.69) is 35.1 Å². The Kier molecular flexibility index (Phi) is 6.17. The third kappa shape index (κ3) is 5.28. The highest BCUT2D eigenvalue weighted by molar-refractivity contribution is 7.92. The molecule has 0 aliphatic rings. The predicted molar refractivity (Wildman–Crippen MR) is 128 cm³/mol. The Balaban J connectivity index is 2.26. The van der Waals surface area contributed by atoms with Gasteiger partial charge in [0.05, 0.1) is 24.2 Å². The first kappa shape index (κ1) is 24.1. The van der Waals surface area contributed by atoms with Crippen molar-refractivity contribution in [2.24, 2.45) is 10.2 Å². The number of aromatic nitrogens is 4. The molecule has 0 atom stereocenters. The molecule has 11 heteroatoms. The second-order valence-corrected chi connectivity index (χ2v) is 11.5. The number of benzene rings is 1. The number of sulfonamides is 1. The SMILES string of the molecule is [C-]#[N+]c1c(N=Nc2c(C(C)(C)C)nn(-c3ccccc3)c2NS(C)(=O)=O)n[nH]c1C(C)(C)C. The van der Waals surface area contributed by atoms with Crippen LogP contribution in [0.5, 0.6) is 0 Å². The summed E-state index contributed by atoms with van der Waals surface area (Å²) in [5, 5.41) is 20.3. The van der Waals surface area contributed by atoms with Crippen molar-refractivity contribution in [1.82, 2.24) is 20.0 Å². The third-order valence-corrected chi connectivity index (χ3v) is 5.25. The van der Waals surface area contributed by atoms with Gasteiger partial charge in [0.25, 0.3) is 5.69 Å². The first-order valence-corrected chi connectivity index (χ1v) is 12.2. The Hall–Kier alpha value is -3.52. The lowest BCUT2D eigenvalue weighted by Crippen LogP contribution is -2.13. The number of aromatic amines is 1. The Labute approximate surface area is 194 Å². The fourth-order valence-corrected chi connectivity index (χ4v) is 3.69. The molecule has 0 radical (unpaired) electrons. The van der Waals surface area contributed by atoms with Gasteiger partial charge in [-0.1, -0.05) is 59.7 Å². The van der Waals surface area contributed by atoms with Gasteiger partial charge in [-0.25, -0.2) is 17.9 Å². The van der Waals surface area contributed by atoms with Gasteiger partial charge in [-0.05, 0) is 17.5 Å². The first-order chi connectivity index (χ1) is 15.2. The molecule has 0 amide bonds. The minimum absolute atomic E-state index is 0.132. The van der Waals surface area contributed by atoms with Crippen LogP contribution in [0.15, 0.2) is 40.6 Å². The fourth-order valence-electron chi connectivity index (χ4n) is 3.16. The van der Waals surface area contributed by atoms with Gasteiger partial charge in [-0.15, -0.1) is 10.2 Å². The zero-order valence-corrected chi connectivity index (χ0v) is 20.6. The number of nitrogens with zero attached hydrogens (tertiary/aromatic N) is 6. The highest BCUT2D eigenvalue weighted by Crippen LogP contribution is 2.42. The lowest BCUT2D eigenvalue weighted by atomic mass is 9.91. The van der Waals surface area contributed by atoms with E-state index in [1.807, 2.05) is 71.9 Å². The second kappa shape index (κ2) is 8.44. The second-order valence-electron chi connectivity index (χ2n) is 9.75. The molecule has 33 heavy (non-hydrogen) atoms. The molecule has 1 aromatic carbocycles. The molecule has 174 valence electrons. The molecule has 0 aliphatic heterocycles. The van der Waals surface area contributed by atoms with E-state index in [-0.39, 0.29) is 28.4 Å². The van der Waals surface area contributed by atoms with Crippen LogP contribution in [0.1, 0.15) is 52.9 Å². The van der Waals surface area contributed by atoms with E-state index >= 15 is 0 Å². The lowest BCUT2D eigenvalue weighted by Gasteiger charge is -2.16. The Morgan fingerprint density at radius 1 is 1.06 bits per heavy atom. The lowest BCUT2D eigenvalue weighted by molar-refractivity contribution is 0.561. The number of hydrogen-bond acceptors (Lipinski definition) is 6. The van der Waals surface area contributed by atoms with Crippen LogP contribution in [0.2, 0.25) is 0 Å². The summed E-state index contributed by atoms with van der Waals surface area (Å²) < 4.78 is 28.4. The Bertz CT molecular complexity index is 1330. The molecule has 10 nitrogen and oxygen atoms in total. The highest BCUT2D eigenvalue weighted by Gasteiger charge is 2.30. The van der Waals surface area contributed by atoms with Crippen LogP contribution in [0.3, 0.4) is 0 Å². The molecule has 0 bridgehead atoms. The Morgan fingerprint density at radius 3 is 2.21 bits per heavy atom. The summed E-state index contributed by atoms with van der Waals surface area (Å²) >= 11 is 0. The molecule has 0 aliphatic carbocycles. The summed E-state index contributed by atoms with van der Waals surface area (Å²) in [7, 11) is -3.66. The average molecular weight is 469 g/mol.